The molecule has 0 fully saturated rings. The van der Waals surface area contributed by atoms with Gasteiger partial charge in [-0.1, -0.05) is 13.3 Å². The average molecular weight is 179 g/mol. The van der Waals surface area contributed by atoms with E-state index in [9.17, 15) is 0 Å². The number of allylic oxidation sites excluding steroid dienone is 4. The fourth-order valence-electron chi connectivity index (χ4n) is 1.16. The minimum atomic E-state index is -0.0238. The summed E-state index contributed by atoms with van der Waals surface area (Å²) in [5.41, 5.74) is -0.0238. The van der Waals surface area contributed by atoms with E-state index in [2.05, 4.69) is 39.0 Å². The van der Waals surface area contributed by atoms with Crippen molar-refractivity contribution in [1.82, 2.24) is 0 Å². The molecule has 1 rings (SSSR count). The van der Waals surface area contributed by atoms with Gasteiger partial charge in [0.05, 0.1) is 5.60 Å². The third-order valence-electron chi connectivity index (χ3n) is 2.35. The van der Waals surface area contributed by atoms with Crippen molar-refractivity contribution in [1.29, 1.82) is 0 Å². The van der Waals surface area contributed by atoms with Crippen LogP contribution in [-0.2, 0) is 4.74 Å². The van der Waals surface area contributed by atoms with Crippen LogP contribution in [0.4, 0.5) is 0 Å². The van der Waals surface area contributed by atoms with E-state index in [4.69, 9.17) is 4.74 Å². The van der Waals surface area contributed by atoms with Crippen LogP contribution in [0.1, 0.15) is 40.0 Å². The van der Waals surface area contributed by atoms with Gasteiger partial charge in [0.15, 0.2) is 0 Å². The predicted molar refractivity (Wildman–Crippen MR) is 56.2 cm³/mol. The van der Waals surface area contributed by atoms with Crippen LogP contribution in [0.2, 0.25) is 0 Å². The van der Waals surface area contributed by atoms with Gasteiger partial charge in [-0.15, -0.1) is 6.08 Å². The summed E-state index contributed by atoms with van der Waals surface area (Å²) in [4.78, 5) is 0. The molecule has 0 aromatic rings. The van der Waals surface area contributed by atoms with Gasteiger partial charge in [-0.05, 0) is 32.4 Å². The molecule has 0 N–H and O–H groups in total. The molecular weight excluding hydrogens is 160 g/mol. The molecule has 0 aliphatic heterocycles. The second kappa shape index (κ2) is 4.40. The lowest BCUT2D eigenvalue weighted by molar-refractivity contribution is 0.0271. The summed E-state index contributed by atoms with van der Waals surface area (Å²) in [5, 5.41) is 0. The summed E-state index contributed by atoms with van der Waals surface area (Å²) in [7, 11) is 0. The van der Waals surface area contributed by atoms with Crippen LogP contribution >= 0.6 is 0 Å². The molecule has 0 amide bonds. The molecule has 0 aromatic heterocycles. The van der Waals surface area contributed by atoms with Crippen LogP contribution in [0.15, 0.2) is 24.0 Å². The van der Waals surface area contributed by atoms with Gasteiger partial charge in [0.2, 0.25) is 0 Å². The standard InChI is InChI=1S/C12H19O/c1-4-12(2,3)13-11-9-7-5-6-8-10-11/h5-7,9H,4,8,10H2,1-3H3/q-1. The molecule has 0 radical (unpaired) electrons. The second-order valence-electron chi connectivity index (χ2n) is 4.01. The first-order valence-corrected chi connectivity index (χ1v) is 5.02. The molecular formula is C12H19O-. The first-order valence-electron chi connectivity index (χ1n) is 5.02. The summed E-state index contributed by atoms with van der Waals surface area (Å²) in [5.74, 6) is 1.11. The summed E-state index contributed by atoms with van der Waals surface area (Å²) in [6.07, 6.45) is 11.5. The van der Waals surface area contributed by atoms with Crippen LogP contribution in [0.25, 0.3) is 0 Å². The molecule has 0 aromatic carbocycles. The van der Waals surface area contributed by atoms with E-state index in [1.807, 2.05) is 6.42 Å². The first kappa shape index (κ1) is 10.2. The zero-order chi connectivity index (χ0) is 9.73. The molecule has 1 heteroatoms. The molecule has 0 bridgehead atoms. The monoisotopic (exact) mass is 179 g/mol. The van der Waals surface area contributed by atoms with Crippen molar-refractivity contribution < 1.29 is 4.74 Å². The van der Waals surface area contributed by atoms with Gasteiger partial charge < -0.3 is 4.74 Å². The number of rotatable bonds is 3. The second-order valence-corrected chi connectivity index (χ2v) is 4.01. The smallest absolute Gasteiger partial charge is 0.0869 e. The van der Waals surface area contributed by atoms with Crippen molar-refractivity contribution in [2.24, 2.45) is 0 Å². The van der Waals surface area contributed by atoms with Crippen molar-refractivity contribution in [3.05, 3.63) is 30.4 Å². The van der Waals surface area contributed by atoms with Gasteiger partial charge in [-0.2, -0.15) is 18.6 Å². The van der Waals surface area contributed by atoms with Gasteiger partial charge in [0, 0.05) is 0 Å². The Bertz CT molecular complexity index is 211. The zero-order valence-electron chi connectivity index (χ0n) is 8.84. The van der Waals surface area contributed by atoms with Crippen LogP contribution in [-0.4, -0.2) is 5.60 Å². The quantitative estimate of drug-likeness (QED) is 0.601. The summed E-state index contributed by atoms with van der Waals surface area (Å²) >= 11 is 0. The number of ether oxygens (including phenoxy) is 1. The Balaban J connectivity index is 2.49. The largest absolute Gasteiger partial charge is 0.549 e. The number of hydrogen-bond donors (Lipinski definition) is 0. The molecule has 0 heterocycles. The Hall–Kier alpha value is -0.850. The van der Waals surface area contributed by atoms with Crippen molar-refractivity contribution in [2.75, 3.05) is 0 Å². The first-order chi connectivity index (χ1) is 6.14. The minimum Gasteiger partial charge on any atom is -0.549 e. The van der Waals surface area contributed by atoms with Crippen molar-refractivity contribution in [3.8, 4) is 0 Å². The molecule has 1 aliphatic rings. The van der Waals surface area contributed by atoms with Gasteiger partial charge in [-0.25, -0.2) is 0 Å². The maximum Gasteiger partial charge on any atom is 0.0869 e. The highest BCUT2D eigenvalue weighted by Crippen LogP contribution is 2.22. The Morgan fingerprint density at radius 2 is 2.31 bits per heavy atom. The van der Waals surface area contributed by atoms with Gasteiger partial charge in [0.25, 0.3) is 0 Å². The molecule has 0 atom stereocenters. The SMILES string of the molecule is CCC(C)(C)OC1=C[CH-]C=CCC1. The lowest BCUT2D eigenvalue weighted by Gasteiger charge is -2.30. The van der Waals surface area contributed by atoms with E-state index < -0.39 is 0 Å². The molecule has 0 saturated heterocycles. The summed E-state index contributed by atoms with van der Waals surface area (Å²) < 4.78 is 5.90. The predicted octanol–water partition coefficient (Wildman–Crippen LogP) is 3.63. The Morgan fingerprint density at radius 1 is 1.54 bits per heavy atom. The van der Waals surface area contributed by atoms with E-state index in [1.54, 1.807) is 0 Å². The normalized spacial score (nSPS) is 17.3. The average Bonchev–Trinajstić information content (AvgIpc) is 2.32. The van der Waals surface area contributed by atoms with Crippen LogP contribution in [0, 0.1) is 6.42 Å². The topological polar surface area (TPSA) is 9.23 Å². The Kier molecular flexibility index (Phi) is 3.47. The molecule has 1 nitrogen and oxygen atoms in total. The van der Waals surface area contributed by atoms with E-state index in [-0.39, 0.29) is 5.60 Å². The van der Waals surface area contributed by atoms with Crippen molar-refractivity contribution in [2.45, 2.75) is 45.6 Å². The lowest BCUT2D eigenvalue weighted by Crippen LogP contribution is -2.22. The molecule has 74 valence electrons. The Morgan fingerprint density at radius 3 is 3.00 bits per heavy atom. The molecule has 0 unspecified atom stereocenters. The maximum absolute atomic E-state index is 5.90. The highest BCUT2D eigenvalue weighted by molar-refractivity contribution is 5.16. The van der Waals surface area contributed by atoms with Gasteiger partial charge in [0.1, 0.15) is 0 Å². The third-order valence-corrected chi connectivity index (χ3v) is 2.35. The minimum absolute atomic E-state index is 0.0238. The van der Waals surface area contributed by atoms with Crippen LogP contribution in [0.3, 0.4) is 0 Å². The van der Waals surface area contributed by atoms with Gasteiger partial charge in [-0.3, -0.25) is 0 Å². The van der Waals surface area contributed by atoms with Gasteiger partial charge >= 0.3 is 0 Å². The number of hydrogen-bond acceptors (Lipinski definition) is 1. The third kappa shape index (κ3) is 3.58. The van der Waals surface area contributed by atoms with E-state index in [0.717, 1.165) is 25.0 Å². The highest BCUT2D eigenvalue weighted by Gasteiger charge is 2.14. The van der Waals surface area contributed by atoms with E-state index in [1.165, 1.54) is 0 Å². The maximum atomic E-state index is 5.90. The van der Waals surface area contributed by atoms with E-state index >= 15 is 0 Å². The lowest BCUT2D eigenvalue weighted by atomic mass is 10.1. The Labute approximate surface area is 81.5 Å². The van der Waals surface area contributed by atoms with Crippen LogP contribution < -0.4 is 0 Å². The highest BCUT2D eigenvalue weighted by atomic mass is 16.5. The van der Waals surface area contributed by atoms with Crippen molar-refractivity contribution >= 4 is 0 Å². The fraction of sp³-hybridized carbons (Fsp3) is 0.583. The molecule has 0 saturated carbocycles. The fourth-order valence-corrected chi connectivity index (χ4v) is 1.16. The molecule has 1 aliphatic carbocycles. The van der Waals surface area contributed by atoms with E-state index in [0.29, 0.717) is 0 Å². The zero-order valence-corrected chi connectivity index (χ0v) is 8.84. The van der Waals surface area contributed by atoms with Crippen molar-refractivity contribution in [3.63, 3.8) is 0 Å². The summed E-state index contributed by atoms with van der Waals surface area (Å²) in [6.45, 7) is 6.41. The molecule has 13 heavy (non-hydrogen) atoms. The van der Waals surface area contributed by atoms with Crippen LogP contribution in [0.5, 0.6) is 0 Å². The molecule has 0 spiro atoms. The summed E-state index contributed by atoms with van der Waals surface area (Å²) in [6, 6.07) is 0.